The van der Waals surface area contributed by atoms with Crippen molar-refractivity contribution in [1.82, 2.24) is 19.6 Å². The Morgan fingerprint density at radius 1 is 1.15 bits per heavy atom. The van der Waals surface area contributed by atoms with Gasteiger partial charge in [0.1, 0.15) is 6.04 Å². The molecule has 4 aromatic rings. The quantitative estimate of drug-likeness (QED) is 0.361. The molecule has 0 saturated heterocycles. The Labute approximate surface area is 198 Å². The maximum atomic E-state index is 13.3. The highest BCUT2D eigenvalue weighted by atomic mass is 35.5. The summed E-state index contributed by atoms with van der Waals surface area (Å²) in [5.41, 5.74) is 0.181. The lowest BCUT2D eigenvalue weighted by atomic mass is 10.0. The van der Waals surface area contributed by atoms with Crippen molar-refractivity contribution in [1.29, 1.82) is 0 Å². The molecular formula is C24H21ClF3N5O. The molecule has 1 amide bonds. The first-order chi connectivity index (χ1) is 16.2. The number of carbonyl (C=O) groups excluding carboxylic acids is 1. The molecule has 0 bridgehead atoms. The molecule has 0 radical (unpaired) electrons. The highest BCUT2D eigenvalue weighted by molar-refractivity contribution is 6.32. The topological polar surface area (TPSA) is 64.7 Å². The van der Waals surface area contributed by atoms with Crippen molar-refractivity contribution in [3.63, 3.8) is 0 Å². The highest BCUT2D eigenvalue weighted by Crippen LogP contribution is 2.47. The van der Waals surface area contributed by atoms with E-state index in [0.29, 0.717) is 12.4 Å². The van der Waals surface area contributed by atoms with E-state index >= 15 is 0 Å². The average molecular weight is 488 g/mol. The molecule has 0 aliphatic heterocycles. The lowest BCUT2D eigenvalue weighted by molar-refractivity contribution is -0.141. The molecule has 2 aromatic carbocycles. The first-order valence-corrected chi connectivity index (χ1v) is 11.3. The second-order valence-corrected chi connectivity index (χ2v) is 8.84. The molecule has 1 fully saturated rings. The summed E-state index contributed by atoms with van der Waals surface area (Å²) in [6.45, 7) is 2.00. The van der Waals surface area contributed by atoms with Crippen LogP contribution in [0, 0.1) is 0 Å². The number of aromatic nitrogens is 4. The van der Waals surface area contributed by atoms with Crippen LogP contribution in [0.5, 0.6) is 0 Å². The molecule has 1 unspecified atom stereocenters. The maximum absolute atomic E-state index is 13.3. The Bertz CT molecular complexity index is 1370. The number of nitrogens with one attached hydrogen (secondary N) is 1. The number of halogens is 4. The second-order valence-electron chi connectivity index (χ2n) is 8.47. The van der Waals surface area contributed by atoms with Gasteiger partial charge in [-0.15, -0.1) is 0 Å². The number of anilines is 1. The van der Waals surface area contributed by atoms with Crippen LogP contribution < -0.4 is 5.32 Å². The summed E-state index contributed by atoms with van der Waals surface area (Å²) >= 11 is 6.03. The van der Waals surface area contributed by atoms with Gasteiger partial charge in [-0.1, -0.05) is 54.1 Å². The lowest BCUT2D eigenvalue weighted by Gasteiger charge is -2.15. The van der Waals surface area contributed by atoms with Crippen LogP contribution in [0.25, 0.3) is 10.8 Å². The fourth-order valence-corrected chi connectivity index (χ4v) is 4.48. The first-order valence-electron chi connectivity index (χ1n) is 10.9. The number of hydrogen-bond acceptors (Lipinski definition) is 3. The number of amides is 1. The van der Waals surface area contributed by atoms with E-state index in [-0.39, 0.29) is 11.6 Å². The summed E-state index contributed by atoms with van der Waals surface area (Å²) in [5.74, 6) is -0.337. The minimum atomic E-state index is -4.69. The monoisotopic (exact) mass is 487 g/mol. The van der Waals surface area contributed by atoms with E-state index in [0.717, 1.165) is 33.9 Å². The summed E-state index contributed by atoms with van der Waals surface area (Å²) in [7, 11) is 0. The fraction of sp³-hybridized carbons (Fsp3) is 0.292. The summed E-state index contributed by atoms with van der Waals surface area (Å²) in [6.07, 6.45) is -1.52. The van der Waals surface area contributed by atoms with Crippen LogP contribution in [0.3, 0.4) is 0 Å². The van der Waals surface area contributed by atoms with Crippen LogP contribution in [0.4, 0.5) is 19.0 Å². The van der Waals surface area contributed by atoms with Gasteiger partial charge < -0.3 is 5.32 Å². The molecule has 10 heteroatoms. The molecule has 1 aliphatic rings. The molecule has 1 saturated carbocycles. The Kier molecular flexibility index (Phi) is 5.59. The number of nitrogens with zero attached hydrogens (tertiary/aromatic N) is 4. The predicted molar refractivity (Wildman–Crippen MR) is 123 cm³/mol. The van der Waals surface area contributed by atoms with E-state index in [9.17, 15) is 18.0 Å². The van der Waals surface area contributed by atoms with Gasteiger partial charge >= 0.3 is 6.18 Å². The third-order valence-corrected chi connectivity index (χ3v) is 6.34. The molecule has 1 aliphatic carbocycles. The highest BCUT2D eigenvalue weighted by Gasteiger charge is 2.43. The van der Waals surface area contributed by atoms with Crippen LogP contribution in [0.15, 0.2) is 54.7 Å². The second kappa shape index (κ2) is 8.47. The molecule has 5 rings (SSSR count). The van der Waals surface area contributed by atoms with Crippen molar-refractivity contribution in [2.75, 3.05) is 5.32 Å². The zero-order valence-electron chi connectivity index (χ0n) is 18.2. The van der Waals surface area contributed by atoms with Crippen molar-refractivity contribution >= 4 is 34.1 Å². The minimum Gasteiger partial charge on any atom is -0.307 e. The van der Waals surface area contributed by atoms with E-state index in [1.165, 1.54) is 6.92 Å². The fourth-order valence-electron chi connectivity index (χ4n) is 4.09. The molecule has 34 heavy (non-hydrogen) atoms. The molecular weight excluding hydrogens is 467 g/mol. The molecule has 6 nitrogen and oxygen atoms in total. The van der Waals surface area contributed by atoms with Crippen molar-refractivity contribution in [2.24, 2.45) is 0 Å². The van der Waals surface area contributed by atoms with Gasteiger partial charge in [-0.05, 0) is 36.1 Å². The number of carbonyl (C=O) groups is 1. The van der Waals surface area contributed by atoms with Gasteiger partial charge in [-0.2, -0.15) is 23.4 Å². The van der Waals surface area contributed by atoms with Crippen molar-refractivity contribution in [3.8, 4) is 0 Å². The lowest BCUT2D eigenvalue weighted by Crippen LogP contribution is -2.26. The van der Waals surface area contributed by atoms with Gasteiger partial charge in [0.15, 0.2) is 11.5 Å². The molecule has 1 N–H and O–H groups in total. The number of fused-ring (bicyclic) bond motifs is 1. The Morgan fingerprint density at radius 3 is 2.62 bits per heavy atom. The van der Waals surface area contributed by atoms with Gasteiger partial charge in [-0.3, -0.25) is 14.2 Å². The van der Waals surface area contributed by atoms with Gasteiger partial charge in [0, 0.05) is 18.2 Å². The predicted octanol–water partition coefficient (Wildman–Crippen LogP) is 6.03. The van der Waals surface area contributed by atoms with Crippen molar-refractivity contribution in [3.05, 3.63) is 76.7 Å². The van der Waals surface area contributed by atoms with Crippen molar-refractivity contribution in [2.45, 2.75) is 44.4 Å². The van der Waals surface area contributed by atoms with Crippen LogP contribution >= 0.6 is 11.6 Å². The van der Waals surface area contributed by atoms with E-state index in [2.05, 4.69) is 15.5 Å². The van der Waals surface area contributed by atoms with Gasteiger partial charge in [0.2, 0.25) is 5.91 Å². The Morgan fingerprint density at radius 2 is 1.88 bits per heavy atom. The maximum Gasteiger partial charge on any atom is 0.436 e. The molecule has 176 valence electrons. The van der Waals surface area contributed by atoms with E-state index in [4.69, 9.17) is 11.6 Å². The van der Waals surface area contributed by atoms with E-state index < -0.39 is 28.8 Å². The number of alkyl halides is 3. The summed E-state index contributed by atoms with van der Waals surface area (Å²) in [5, 5.41) is 12.6. The summed E-state index contributed by atoms with van der Waals surface area (Å²) < 4.78 is 42.8. The van der Waals surface area contributed by atoms with Crippen LogP contribution in [0.1, 0.15) is 48.7 Å². The number of rotatable bonds is 6. The molecule has 2 heterocycles. The Hall–Kier alpha value is -3.33. The van der Waals surface area contributed by atoms with Crippen LogP contribution in [0.2, 0.25) is 5.02 Å². The molecule has 2 aromatic heterocycles. The average Bonchev–Trinajstić information content (AvgIpc) is 3.44. The van der Waals surface area contributed by atoms with Gasteiger partial charge in [-0.25, -0.2) is 0 Å². The van der Waals surface area contributed by atoms with E-state index in [1.54, 1.807) is 16.9 Å². The number of hydrogen-bond donors (Lipinski definition) is 1. The minimum absolute atomic E-state index is 0.119. The van der Waals surface area contributed by atoms with Gasteiger partial charge in [0.25, 0.3) is 0 Å². The van der Waals surface area contributed by atoms with Crippen molar-refractivity contribution < 1.29 is 18.0 Å². The van der Waals surface area contributed by atoms with Crippen LogP contribution in [-0.4, -0.2) is 25.5 Å². The third kappa shape index (κ3) is 4.27. The first kappa shape index (κ1) is 22.5. The summed E-state index contributed by atoms with van der Waals surface area (Å²) in [6, 6.07) is 14.7. The molecule has 1 atom stereocenters. The van der Waals surface area contributed by atoms with Crippen LogP contribution in [-0.2, 0) is 17.5 Å². The smallest absolute Gasteiger partial charge is 0.307 e. The summed E-state index contributed by atoms with van der Waals surface area (Å²) in [4.78, 5) is 12.9. The van der Waals surface area contributed by atoms with Gasteiger partial charge in [0.05, 0.1) is 17.3 Å². The SMILES string of the molecule is CC(C(=O)Nc1ccn(Cc2cccc3ccccc23)n1)n1nc(C(F)(F)F)c(Cl)c1C1CC1. The Balaban J connectivity index is 1.34. The third-order valence-electron chi connectivity index (χ3n) is 5.97. The standard InChI is InChI=1S/C24H21ClF3N5O/c1-14(33-21(16-9-10-16)20(25)22(31-33)24(26,27)28)23(34)29-19-11-12-32(30-19)13-17-7-4-6-15-5-2-3-8-18(15)17/h2-8,11-12,14,16H,9-10,13H2,1H3,(H,29,30,34). The zero-order chi connectivity index (χ0) is 24.0. The largest absolute Gasteiger partial charge is 0.436 e. The van der Waals surface area contributed by atoms with E-state index in [1.807, 2.05) is 42.5 Å². The normalized spacial score (nSPS) is 15.0. The molecule has 0 spiro atoms. The number of benzene rings is 2. The zero-order valence-corrected chi connectivity index (χ0v) is 18.9.